The van der Waals surface area contributed by atoms with E-state index in [-0.39, 0.29) is 41.5 Å². The van der Waals surface area contributed by atoms with Crippen LogP contribution in [0.2, 0.25) is 0 Å². The first-order valence-corrected chi connectivity index (χ1v) is 10.0. The number of aromatic hydroxyl groups is 2. The second-order valence-electron chi connectivity index (χ2n) is 6.81. The Hall–Kier alpha value is -4.79. The van der Waals surface area contributed by atoms with Gasteiger partial charge in [-0.05, 0) is 30.3 Å². The molecule has 0 aliphatic heterocycles. The SMILES string of the molecule is C=CC(=O)OCCOC(=O)c1ccc(N=Nc2cc(C(=O)c3ccccc3)c(O)cc2O)cc1. The van der Waals surface area contributed by atoms with Crippen molar-refractivity contribution in [3.63, 3.8) is 0 Å². The number of carbonyl (C=O) groups is 3. The Labute approximate surface area is 194 Å². The van der Waals surface area contributed by atoms with Gasteiger partial charge in [0.05, 0.1) is 16.8 Å². The smallest absolute Gasteiger partial charge is 0.338 e. The summed E-state index contributed by atoms with van der Waals surface area (Å²) in [6.07, 6.45) is 1.01. The highest BCUT2D eigenvalue weighted by atomic mass is 16.6. The standard InChI is InChI=1S/C25H20N2O7/c1-2-23(30)33-12-13-34-25(32)17-8-10-18(11-9-17)26-27-20-14-19(21(28)15-22(20)29)24(31)16-6-4-3-5-7-16/h2-11,14-15,28-29H,1,12-13H2. The number of hydrogen-bond donors (Lipinski definition) is 2. The van der Waals surface area contributed by atoms with E-state index in [2.05, 4.69) is 16.8 Å². The molecule has 0 bridgehead atoms. The molecule has 0 aliphatic carbocycles. The van der Waals surface area contributed by atoms with Crippen molar-refractivity contribution in [2.75, 3.05) is 13.2 Å². The molecule has 9 heteroatoms. The molecule has 0 aromatic heterocycles. The van der Waals surface area contributed by atoms with Gasteiger partial charge in [-0.2, -0.15) is 5.11 Å². The van der Waals surface area contributed by atoms with Crippen molar-refractivity contribution in [3.05, 3.63) is 96.1 Å². The number of ether oxygens (including phenoxy) is 2. The average molecular weight is 460 g/mol. The Balaban J connectivity index is 1.68. The van der Waals surface area contributed by atoms with E-state index >= 15 is 0 Å². The quantitative estimate of drug-likeness (QED) is 0.156. The van der Waals surface area contributed by atoms with Crippen LogP contribution < -0.4 is 0 Å². The van der Waals surface area contributed by atoms with Crippen LogP contribution >= 0.6 is 0 Å². The van der Waals surface area contributed by atoms with E-state index in [4.69, 9.17) is 9.47 Å². The zero-order valence-corrected chi connectivity index (χ0v) is 17.9. The van der Waals surface area contributed by atoms with Gasteiger partial charge in [0.2, 0.25) is 0 Å². The van der Waals surface area contributed by atoms with Gasteiger partial charge in [-0.1, -0.05) is 36.9 Å². The molecule has 3 aromatic rings. The molecule has 0 radical (unpaired) electrons. The monoisotopic (exact) mass is 460 g/mol. The van der Waals surface area contributed by atoms with E-state index in [0.717, 1.165) is 12.1 Å². The number of hydrogen-bond acceptors (Lipinski definition) is 9. The van der Waals surface area contributed by atoms with Crippen LogP contribution in [-0.2, 0) is 14.3 Å². The molecule has 0 amide bonds. The number of phenolic OH excluding ortho intramolecular Hbond substituents is 2. The van der Waals surface area contributed by atoms with Crippen LogP contribution in [0.25, 0.3) is 0 Å². The Kier molecular flexibility index (Phi) is 7.85. The molecular weight excluding hydrogens is 440 g/mol. The third kappa shape index (κ3) is 6.13. The highest BCUT2D eigenvalue weighted by molar-refractivity contribution is 6.11. The van der Waals surface area contributed by atoms with Gasteiger partial charge in [0.1, 0.15) is 30.4 Å². The Morgan fingerprint density at radius 1 is 0.824 bits per heavy atom. The molecule has 34 heavy (non-hydrogen) atoms. The number of azo groups is 1. The van der Waals surface area contributed by atoms with Crippen molar-refractivity contribution in [3.8, 4) is 11.5 Å². The lowest BCUT2D eigenvalue weighted by atomic mass is 10.0. The zero-order chi connectivity index (χ0) is 24.5. The average Bonchev–Trinajstić information content (AvgIpc) is 2.86. The minimum atomic E-state index is -0.613. The first-order valence-electron chi connectivity index (χ1n) is 10.0. The molecule has 2 N–H and O–H groups in total. The Morgan fingerprint density at radius 3 is 2.18 bits per heavy atom. The van der Waals surface area contributed by atoms with Crippen LogP contribution in [0.15, 0.2) is 89.6 Å². The number of rotatable bonds is 9. The van der Waals surface area contributed by atoms with Crippen molar-refractivity contribution in [1.82, 2.24) is 0 Å². The number of benzene rings is 3. The van der Waals surface area contributed by atoms with E-state index in [0.29, 0.717) is 11.3 Å². The van der Waals surface area contributed by atoms with Crippen LogP contribution in [0, 0.1) is 0 Å². The molecule has 3 aromatic carbocycles. The Morgan fingerprint density at radius 2 is 1.50 bits per heavy atom. The summed E-state index contributed by atoms with van der Waals surface area (Å²) in [6, 6.07) is 16.6. The number of nitrogens with zero attached hydrogens (tertiary/aromatic N) is 2. The Bertz CT molecular complexity index is 1240. The minimum Gasteiger partial charge on any atom is -0.507 e. The number of carbonyl (C=O) groups excluding carboxylic acids is 3. The van der Waals surface area contributed by atoms with Crippen LogP contribution in [-0.4, -0.2) is 41.1 Å². The molecule has 0 fully saturated rings. The fourth-order valence-corrected chi connectivity index (χ4v) is 2.77. The van der Waals surface area contributed by atoms with E-state index in [1.807, 2.05) is 0 Å². The maximum atomic E-state index is 12.7. The molecule has 0 aliphatic rings. The summed E-state index contributed by atoms with van der Waals surface area (Å²) >= 11 is 0. The lowest BCUT2D eigenvalue weighted by Gasteiger charge is -2.07. The largest absolute Gasteiger partial charge is 0.507 e. The van der Waals surface area contributed by atoms with Gasteiger partial charge in [-0.15, -0.1) is 5.11 Å². The first-order chi connectivity index (χ1) is 16.4. The maximum Gasteiger partial charge on any atom is 0.338 e. The van der Waals surface area contributed by atoms with E-state index in [1.165, 1.54) is 30.3 Å². The van der Waals surface area contributed by atoms with Gasteiger partial charge in [0.15, 0.2) is 5.78 Å². The fraction of sp³-hybridized carbons (Fsp3) is 0.0800. The van der Waals surface area contributed by atoms with E-state index in [9.17, 15) is 24.6 Å². The second-order valence-corrected chi connectivity index (χ2v) is 6.81. The van der Waals surface area contributed by atoms with Crippen molar-refractivity contribution < 1.29 is 34.1 Å². The first kappa shape index (κ1) is 23.9. The van der Waals surface area contributed by atoms with E-state index in [1.54, 1.807) is 30.3 Å². The summed E-state index contributed by atoms with van der Waals surface area (Å²) in [5.41, 5.74) is 0.925. The van der Waals surface area contributed by atoms with Gasteiger partial charge < -0.3 is 19.7 Å². The van der Waals surface area contributed by atoms with Gasteiger partial charge >= 0.3 is 11.9 Å². The summed E-state index contributed by atoms with van der Waals surface area (Å²) in [5, 5.41) is 28.2. The number of ketones is 1. The summed E-state index contributed by atoms with van der Waals surface area (Å²) < 4.78 is 9.71. The molecule has 0 atom stereocenters. The lowest BCUT2D eigenvalue weighted by molar-refractivity contribution is -0.138. The zero-order valence-electron chi connectivity index (χ0n) is 17.9. The van der Waals surface area contributed by atoms with Crippen molar-refractivity contribution >= 4 is 29.1 Å². The molecule has 0 saturated carbocycles. The molecule has 0 unspecified atom stereocenters. The minimum absolute atomic E-state index is 0.0189. The normalized spacial score (nSPS) is 10.6. The summed E-state index contributed by atoms with van der Waals surface area (Å²) in [4.78, 5) is 35.6. The summed E-state index contributed by atoms with van der Waals surface area (Å²) in [5.74, 6) is -2.40. The van der Waals surface area contributed by atoms with Gasteiger partial charge in [0, 0.05) is 17.7 Å². The molecular formula is C25H20N2O7. The van der Waals surface area contributed by atoms with Crippen molar-refractivity contribution in [1.29, 1.82) is 0 Å². The third-order valence-electron chi connectivity index (χ3n) is 4.48. The molecule has 172 valence electrons. The van der Waals surface area contributed by atoms with E-state index < -0.39 is 17.7 Å². The van der Waals surface area contributed by atoms with Crippen LogP contribution in [0.5, 0.6) is 11.5 Å². The molecule has 0 spiro atoms. The second kappa shape index (κ2) is 11.2. The fourth-order valence-electron chi connectivity index (χ4n) is 2.77. The summed E-state index contributed by atoms with van der Waals surface area (Å²) in [6.45, 7) is 3.06. The van der Waals surface area contributed by atoms with Crippen molar-refractivity contribution in [2.24, 2.45) is 10.2 Å². The molecule has 3 rings (SSSR count). The maximum absolute atomic E-state index is 12.7. The van der Waals surface area contributed by atoms with Gasteiger partial charge in [-0.3, -0.25) is 4.79 Å². The highest BCUT2D eigenvalue weighted by Crippen LogP contribution is 2.35. The summed E-state index contributed by atoms with van der Waals surface area (Å²) in [7, 11) is 0. The highest BCUT2D eigenvalue weighted by Gasteiger charge is 2.17. The predicted octanol–water partition coefficient (Wildman–Crippen LogP) is 4.63. The van der Waals surface area contributed by atoms with Crippen LogP contribution in [0.1, 0.15) is 26.3 Å². The van der Waals surface area contributed by atoms with Gasteiger partial charge in [-0.25, -0.2) is 9.59 Å². The van der Waals surface area contributed by atoms with Crippen LogP contribution in [0.4, 0.5) is 11.4 Å². The predicted molar refractivity (Wildman–Crippen MR) is 122 cm³/mol. The third-order valence-corrected chi connectivity index (χ3v) is 4.48. The molecule has 0 heterocycles. The molecule has 9 nitrogen and oxygen atoms in total. The van der Waals surface area contributed by atoms with Crippen LogP contribution in [0.3, 0.4) is 0 Å². The van der Waals surface area contributed by atoms with Gasteiger partial charge in [0.25, 0.3) is 0 Å². The lowest BCUT2D eigenvalue weighted by Crippen LogP contribution is -2.12. The number of esters is 2. The van der Waals surface area contributed by atoms with Crippen molar-refractivity contribution in [2.45, 2.75) is 0 Å². The topological polar surface area (TPSA) is 135 Å². The molecule has 0 saturated heterocycles. The number of phenols is 2.